The fourth-order valence-corrected chi connectivity index (χ4v) is 12.0. The molecular weight excluding hydrogens is 999 g/mol. The number of carbonyl (C=O) groups is 5. The molecule has 0 bridgehead atoms. The van der Waals surface area contributed by atoms with E-state index in [2.05, 4.69) is 53.6 Å². The normalized spacial score (nSPS) is 16.8. The summed E-state index contributed by atoms with van der Waals surface area (Å²) in [4.78, 5) is 80.5. The summed E-state index contributed by atoms with van der Waals surface area (Å²) >= 11 is 2.85. The minimum Gasteiger partial charge on any atom is -0.391 e. The van der Waals surface area contributed by atoms with E-state index in [1.165, 1.54) is 28.4 Å². The van der Waals surface area contributed by atoms with E-state index in [9.17, 15) is 37.5 Å². The molecule has 2 saturated heterocycles. The highest BCUT2D eigenvalue weighted by Crippen LogP contribution is 2.31. The van der Waals surface area contributed by atoms with E-state index in [1.54, 1.807) is 38.2 Å². The Labute approximate surface area is 442 Å². The van der Waals surface area contributed by atoms with Gasteiger partial charge in [-0.15, -0.1) is 22.7 Å². The van der Waals surface area contributed by atoms with Gasteiger partial charge < -0.3 is 41.5 Å². The number of anilines is 2. The number of aryl methyl sites for hydroxylation is 2. The van der Waals surface area contributed by atoms with E-state index in [0.717, 1.165) is 71.8 Å². The minimum absolute atomic E-state index is 0.0123. The van der Waals surface area contributed by atoms with Gasteiger partial charge in [0.05, 0.1) is 44.6 Å². The maximum absolute atomic E-state index is 14.1. The lowest BCUT2D eigenvalue weighted by molar-refractivity contribution is -0.144. The van der Waals surface area contributed by atoms with Crippen molar-refractivity contribution < 1.29 is 37.5 Å². The second kappa shape index (κ2) is 24.5. The van der Waals surface area contributed by atoms with Crippen molar-refractivity contribution in [1.29, 1.82) is 0 Å². The Hall–Kier alpha value is -6.06. The number of benzene rings is 3. The van der Waals surface area contributed by atoms with Crippen LogP contribution in [0.3, 0.4) is 0 Å². The summed E-state index contributed by atoms with van der Waals surface area (Å²) < 4.78 is 25.6. The highest BCUT2D eigenvalue weighted by molar-refractivity contribution is 7.92. The highest BCUT2D eigenvalue weighted by Gasteiger charge is 2.44. The third-order valence-corrected chi connectivity index (χ3v) is 17.5. The van der Waals surface area contributed by atoms with Crippen LogP contribution in [0.1, 0.15) is 100 Å². The summed E-state index contributed by atoms with van der Waals surface area (Å²) in [5.74, 6) is -1.99. The van der Waals surface area contributed by atoms with Gasteiger partial charge in [0.2, 0.25) is 23.6 Å². The Morgan fingerprint density at radius 2 is 1.64 bits per heavy atom. The number of aromatic nitrogens is 2. The monoisotopic (exact) mass is 1070 g/mol. The van der Waals surface area contributed by atoms with E-state index < -0.39 is 50.5 Å². The number of sulfone groups is 1. The van der Waals surface area contributed by atoms with Crippen molar-refractivity contribution >= 4 is 72.9 Å². The quantitative estimate of drug-likeness (QED) is 0.0451. The van der Waals surface area contributed by atoms with Gasteiger partial charge in [0, 0.05) is 67.3 Å². The number of hydrogen-bond donors (Lipinski definition) is 6. The summed E-state index contributed by atoms with van der Waals surface area (Å²) in [5.41, 5.74) is 7.47. The molecule has 7 rings (SSSR count). The molecule has 396 valence electrons. The Kier molecular flexibility index (Phi) is 18.5. The Morgan fingerprint density at radius 1 is 0.892 bits per heavy atom. The summed E-state index contributed by atoms with van der Waals surface area (Å²) in [6.45, 7) is 14.9. The SMILES string of the molecule is Cc1ccc(C(=O)NCC(=O)Nc2nc(-c3cccc(N4CCC(NCCCCC(=O)N[C@H](C(=O)N5C[C@H](O)C[C@H]5C(=O)NCc5ccc(-c6scnc6C)cc5)C(C)(C)C)CC4)c3)cs2)cc1S(=O)(=O)C(C)C. The Balaban J connectivity index is 0.808. The molecule has 3 aromatic carbocycles. The van der Waals surface area contributed by atoms with Crippen LogP contribution in [0.25, 0.3) is 21.7 Å². The van der Waals surface area contributed by atoms with Crippen LogP contribution in [-0.4, -0.2) is 120 Å². The lowest BCUT2D eigenvalue weighted by atomic mass is 9.85. The number of aliphatic hydroxyl groups is 1. The number of hydrogen-bond acceptors (Lipinski definition) is 14. The van der Waals surface area contributed by atoms with E-state index in [4.69, 9.17) is 0 Å². The maximum Gasteiger partial charge on any atom is 0.251 e. The number of rotatable bonds is 20. The topological polar surface area (TPSA) is 232 Å². The third kappa shape index (κ3) is 14.2. The molecule has 17 nitrogen and oxygen atoms in total. The molecule has 0 spiro atoms. The fraction of sp³-hybridized carbons (Fsp3) is 0.463. The molecule has 0 radical (unpaired) electrons. The molecule has 5 aromatic rings. The van der Waals surface area contributed by atoms with Crippen LogP contribution >= 0.6 is 22.7 Å². The van der Waals surface area contributed by atoms with Crippen LogP contribution in [0.5, 0.6) is 0 Å². The number of nitrogens with zero attached hydrogens (tertiary/aromatic N) is 4. The first-order valence-corrected chi connectivity index (χ1v) is 28.5. The lowest BCUT2D eigenvalue weighted by Gasteiger charge is -2.35. The standard InChI is InChI=1S/C54H69N9O8S3/c1-33(2)74(70,71)45-26-39(17-14-34(45)3)50(67)57-29-47(66)61-53-59-43(31-72-53)38-11-10-12-41(25-38)62-23-20-40(21-24-62)55-22-9-8-13-46(65)60-49(54(5,6)7)52(69)63-30-42(64)27-44(63)51(68)56-28-36-15-18-37(19-16-36)48-35(4)58-32-73-48/h10-12,14-19,25-26,31-33,40,42,44,49,55,64H,8-9,13,20-24,27-30H2,1-7H3,(H,56,68)(H,57,67)(H,60,65)(H,59,61,66)/t42-,44+,49-/m1/s1. The summed E-state index contributed by atoms with van der Waals surface area (Å²) in [6.07, 6.45) is 2.81. The van der Waals surface area contributed by atoms with E-state index >= 15 is 0 Å². The molecule has 0 unspecified atom stereocenters. The number of likely N-dealkylation sites (tertiary alicyclic amines) is 1. The molecule has 2 aliphatic heterocycles. The number of β-amino-alcohol motifs (C(OH)–C–C–N with tert-alkyl or cyclic N) is 1. The van der Waals surface area contributed by atoms with Crippen molar-refractivity contribution in [2.24, 2.45) is 5.41 Å². The van der Waals surface area contributed by atoms with Gasteiger partial charge in [0.15, 0.2) is 15.0 Å². The summed E-state index contributed by atoms with van der Waals surface area (Å²) in [6, 6.07) is 19.1. The zero-order valence-electron chi connectivity index (χ0n) is 43.2. The molecule has 3 atom stereocenters. The van der Waals surface area contributed by atoms with E-state index in [-0.39, 0.29) is 60.7 Å². The van der Waals surface area contributed by atoms with Crippen molar-refractivity contribution in [3.8, 4) is 21.7 Å². The molecule has 2 aromatic heterocycles. The largest absolute Gasteiger partial charge is 0.391 e. The molecule has 2 aliphatic rings. The predicted octanol–water partition coefficient (Wildman–Crippen LogP) is 6.64. The molecule has 20 heteroatoms. The molecule has 74 heavy (non-hydrogen) atoms. The summed E-state index contributed by atoms with van der Waals surface area (Å²) in [5, 5.41) is 27.1. The molecule has 5 amide bonds. The van der Waals surface area contributed by atoms with Gasteiger partial charge in [-0.3, -0.25) is 24.0 Å². The smallest absolute Gasteiger partial charge is 0.251 e. The van der Waals surface area contributed by atoms with Gasteiger partial charge in [0.25, 0.3) is 5.91 Å². The highest BCUT2D eigenvalue weighted by atomic mass is 32.2. The lowest BCUT2D eigenvalue weighted by Crippen LogP contribution is -2.57. The average molecular weight is 1070 g/mol. The van der Waals surface area contributed by atoms with E-state index in [0.29, 0.717) is 28.9 Å². The predicted molar refractivity (Wildman–Crippen MR) is 291 cm³/mol. The van der Waals surface area contributed by atoms with Crippen molar-refractivity contribution in [3.05, 3.63) is 100 Å². The molecule has 0 aliphatic carbocycles. The van der Waals surface area contributed by atoms with Gasteiger partial charge in [-0.2, -0.15) is 0 Å². The second-order valence-corrected chi connectivity index (χ2v) is 24.7. The van der Waals surface area contributed by atoms with E-state index in [1.807, 2.05) is 75.0 Å². The van der Waals surface area contributed by atoms with Gasteiger partial charge >= 0.3 is 0 Å². The Bertz CT molecular complexity index is 2910. The number of amides is 5. The zero-order valence-corrected chi connectivity index (χ0v) is 45.6. The van der Waals surface area contributed by atoms with Crippen LogP contribution in [-0.2, 0) is 35.6 Å². The van der Waals surface area contributed by atoms with Gasteiger partial charge in [-0.05, 0) is 106 Å². The zero-order chi connectivity index (χ0) is 53.3. The van der Waals surface area contributed by atoms with Gasteiger partial charge in [0.1, 0.15) is 12.1 Å². The van der Waals surface area contributed by atoms with Crippen molar-refractivity contribution in [2.45, 2.75) is 128 Å². The van der Waals surface area contributed by atoms with Crippen LogP contribution in [0, 0.1) is 19.3 Å². The number of piperidine rings is 1. The number of aliphatic hydroxyl groups excluding tert-OH is 1. The first kappa shape index (κ1) is 55.7. The molecule has 6 N–H and O–H groups in total. The third-order valence-electron chi connectivity index (χ3n) is 13.5. The number of thiazole rings is 2. The van der Waals surface area contributed by atoms with Crippen LogP contribution in [0.2, 0.25) is 0 Å². The average Bonchev–Trinajstić information content (AvgIpc) is 4.14. The number of unbranched alkanes of at least 4 members (excludes halogenated alkanes) is 1. The van der Waals surface area contributed by atoms with Crippen molar-refractivity contribution in [2.75, 3.05) is 42.9 Å². The first-order chi connectivity index (χ1) is 35.2. The van der Waals surface area contributed by atoms with Crippen LogP contribution in [0.15, 0.2) is 82.5 Å². The van der Waals surface area contributed by atoms with Crippen LogP contribution < -0.4 is 31.5 Å². The molecule has 4 heterocycles. The number of carbonyl (C=O) groups excluding carboxylic acids is 5. The van der Waals surface area contributed by atoms with Gasteiger partial charge in [-0.25, -0.2) is 18.4 Å². The van der Waals surface area contributed by atoms with Crippen LogP contribution in [0.4, 0.5) is 10.8 Å². The van der Waals surface area contributed by atoms with Crippen molar-refractivity contribution in [3.63, 3.8) is 0 Å². The molecular formula is C54H69N9O8S3. The molecule has 2 fully saturated rings. The fourth-order valence-electron chi connectivity index (χ4n) is 9.13. The van der Waals surface area contributed by atoms with Crippen molar-refractivity contribution in [1.82, 2.24) is 36.1 Å². The Morgan fingerprint density at radius 3 is 2.32 bits per heavy atom. The maximum atomic E-state index is 14.1. The second-order valence-electron chi connectivity index (χ2n) is 20.5. The summed E-state index contributed by atoms with van der Waals surface area (Å²) in [7, 11) is -3.59. The van der Waals surface area contributed by atoms with Gasteiger partial charge in [-0.1, -0.05) is 63.2 Å². The molecule has 0 saturated carbocycles. The number of nitrogens with one attached hydrogen (secondary N) is 5. The minimum atomic E-state index is -3.59. The first-order valence-electron chi connectivity index (χ1n) is 25.2.